The van der Waals surface area contributed by atoms with E-state index in [1.165, 1.54) is 0 Å². The first-order valence-corrected chi connectivity index (χ1v) is 7.45. The van der Waals surface area contributed by atoms with Crippen molar-refractivity contribution >= 4 is 12.4 Å². The maximum Gasteiger partial charge on any atom is 0.128 e. The molecular weight excluding hydrogens is 299 g/mol. The fraction of sp³-hybridized carbons (Fsp3) is 0.333. The van der Waals surface area contributed by atoms with Gasteiger partial charge in [-0.1, -0.05) is 49.4 Å². The van der Waals surface area contributed by atoms with Gasteiger partial charge in [-0.15, -0.1) is 12.4 Å². The Labute approximate surface area is 137 Å². The summed E-state index contributed by atoms with van der Waals surface area (Å²) in [6.45, 7) is 4.58. The summed E-state index contributed by atoms with van der Waals surface area (Å²) < 4.78 is 14.3. The van der Waals surface area contributed by atoms with Gasteiger partial charge in [0, 0.05) is 31.2 Å². The second-order valence-corrected chi connectivity index (χ2v) is 6.01. The molecule has 3 rings (SSSR count). The van der Waals surface area contributed by atoms with Crippen LogP contribution in [0, 0.1) is 11.7 Å². The Morgan fingerprint density at radius 3 is 2.41 bits per heavy atom. The molecule has 1 aliphatic heterocycles. The SMILES string of the molecule is CC1CN(Cc2ccc(-c3ccccc3)cc2F)CC1N.Cl. The Morgan fingerprint density at radius 1 is 1.09 bits per heavy atom. The Kier molecular flexibility index (Phi) is 5.57. The molecule has 1 fully saturated rings. The Balaban J connectivity index is 0.00000176. The van der Waals surface area contributed by atoms with Crippen LogP contribution in [0.25, 0.3) is 11.1 Å². The summed E-state index contributed by atoms with van der Waals surface area (Å²) in [6.07, 6.45) is 0. The molecule has 2 N–H and O–H groups in total. The van der Waals surface area contributed by atoms with E-state index in [0.29, 0.717) is 12.5 Å². The van der Waals surface area contributed by atoms with Gasteiger partial charge in [0.15, 0.2) is 0 Å². The third kappa shape index (κ3) is 3.67. The molecule has 0 spiro atoms. The lowest BCUT2D eigenvalue weighted by atomic mass is 10.0. The second-order valence-electron chi connectivity index (χ2n) is 6.01. The average molecular weight is 321 g/mol. The lowest BCUT2D eigenvalue weighted by Gasteiger charge is -2.16. The first kappa shape index (κ1) is 16.9. The minimum absolute atomic E-state index is 0. The number of nitrogens with zero attached hydrogens (tertiary/aromatic N) is 1. The van der Waals surface area contributed by atoms with Crippen molar-refractivity contribution in [2.75, 3.05) is 13.1 Å². The van der Waals surface area contributed by atoms with E-state index < -0.39 is 0 Å². The van der Waals surface area contributed by atoms with Crippen molar-refractivity contribution in [3.8, 4) is 11.1 Å². The highest BCUT2D eigenvalue weighted by Crippen LogP contribution is 2.24. The van der Waals surface area contributed by atoms with Crippen molar-refractivity contribution in [1.29, 1.82) is 0 Å². The lowest BCUT2D eigenvalue weighted by molar-refractivity contribution is 0.313. The molecule has 0 saturated carbocycles. The standard InChI is InChI=1S/C18H21FN2.ClH/c1-13-10-21(12-18(13)20)11-16-8-7-15(9-17(16)19)14-5-3-2-4-6-14;/h2-9,13,18H,10-12,20H2,1H3;1H. The van der Waals surface area contributed by atoms with Crippen molar-refractivity contribution < 1.29 is 4.39 Å². The van der Waals surface area contributed by atoms with E-state index in [1.54, 1.807) is 6.07 Å². The fourth-order valence-corrected chi connectivity index (χ4v) is 2.95. The maximum absolute atomic E-state index is 14.3. The van der Waals surface area contributed by atoms with Crippen LogP contribution >= 0.6 is 12.4 Å². The van der Waals surface area contributed by atoms with Crippen molar-refractivity contribution in [3.05, 3.63) is 59.9 Å². The highest BCUT2D eigenvalue weighted by atomic mass is 35.5. The van der Waals surface area contributed by atoms with Crippen LogP contribution in [-0.2, 0) is 6.54 Å². The van der Waals surface area contributed by atoms with Gasteiger partial charge in [-0.3, -0.25) is 4.90 Å². The van der Waals surface area contributed by atoms with Crippen molar-refractivity contribution in [3.63, 3.8) is 0 Å². The molecule has 1 aliphatic rings. The van der Waals surface area contributed by atoms with Gasteiger partial charge < -0.3 is 5.73 Å². The monoisotopic (exact) mass is 320 g/mol. The summed E-state index contributed by atoms with van der Waals surface area (Å²) in [6, 6.07) is 15.6. The van der Waals surface area contributed by atoms with Crippen LogP contribution in [0.3, 0.4) is 0 Å². The van der Waals surface area contributed by atoms with Gasteiger partial charge in [0.1, 0.15) is 5.82 Å². The number of benzene rings is 2. The van der Waals surface area contributed by atoms with Crippen LogP contribution in [0.2, 0.25) is 0 Å². The van der Waals surface area contributed by atoms with Gasteiger partial charge in [-0.05, 0) is 23.1 Å². The van der Waals surface area contributed by atoms with E-state index in [9.17, 15) is 4.39 Å². The average Bonchev–Trinajstić information content (AvgIpc) is 2.80. The number of hydrogen-bond acceptors (Lipinski definition) is 2. The van der Waals surface area contributed by atoms with E-state index >= 15 is 0 Å². The highest BCUT2D eigenvalue weighted by Gasteiger charge is 2.26. The molecule has 0 amide bonds. The van der Waals surface area contributed by atoms with Gasteiger partial charge in [0.2, 0.25) is 0 Å². The van der Waals surface area contributed by atoms with Crippen LogP contribution in [0.4, 0.5) is 4.39 Å². The molecule has 0 aliphatic carbocycles. The third-order valence-electron chi connectivity index (χ3n) is 4.30. The maximum atomic E-state index is 14.3. The molecule has 2 aromatic carbocycles. The predicted octanol–water partition coefficient (Wildman–Crippen LogP) is 3.69. The van der Waals surface area contributed by atoms with E-state index in [1.807, 2.05) is 42.5 Å². The van der Waals surface area contributed by atoms with Gasteiger partial charge >= 0.3 is 0 Å². The van der Waals surface area contributed by atoms with Crippen LogP contribution in [-0.4, -0.2) is 24.0 Å². The van der Waals surface area contributed by atoms with Gasteiger partial charge in [0.25, 0.3) is 0 Å². The van der Waals surface area contributed by atoms with Crippen LogP contribution in [0.1, 0.15) is 12.5 Å². The predicted molar refractivity (Wildman–Crippen MR) is 91.5 cm³/mol. The van der Waals surface area contributed by atoms with Crippen molar-refractivity contribution in [2.24, 2.45) is 11.7 Å². The Bertz CT molecular complexity index is 608. The smallest absolute Gasteiger partial charge is 0.128 e. The number of hydrogen-bond donors (Lipinski definition) is 1. The molecule has 0 radical (unpaired) electrons. The van der Waals surface area contributed by atoms with Gasteiger partial charge in [-0.25, -0.2) is 4.39 Å². The zero-order chi connectivity index (χ0) is 14.8. The quantitative estimate of drug-likeness (QED) is 0.934. The summed E-state index contributed by atoms with van der Waals surface area (Å²) in [5, 5.41) is 0. The number of rotatable bonds is 3. The largest absolute Gasteiger partial charge is 0.326 e. The molecule has 2 nitrogen and oxygen atoms in total. The first-order chi connectivity index (χ1) is 10.1. The normalized spacial score (nSPS) is 21.6. The Morgan fingerprint density at radius 2 is 1.82 bits per heavy atom. The molecule has 2 atom stereocenters. The molecule has 0 aromatic heterocycles. The zero-order valence-corrected chi connectivity index (χ0v) is 13.5. The van der Waals surface area contributed by atoms with E-state index in [4.69, 9.17) is 5.73 Å². The lowest BCUT2D eigenvalue weighted by Crippen LogP contribution is -2.28. The zero-order valence-electron chi connectivity index (χ0n) is 12.7. The minimum atomic E-state index is -0.135. The Hall–Kier alpha value is -1.42. The van der Waals surface area contributed by atoms with Crippen LogP contribution in [0.5, 0.6) is 0 Å². The summed E-state index contributed by atoms with van der Waals surface area (Å²) >= 11 is 0. The van der Waals surface area contributed by atoms with Crippen LogP contribution in [0.15, 0.2) is 48.5 Å². The molecule has 118 valence electrons. The van der Waals surface area contributed by atoms with Crippen molar-refractivity contribution in [1.82, 2.24) is 4.90 Å². The number of likely N-dealkylation sites (tertiary alicyclic amines) is 1. The van der Waals surface area contributed by atoms with Crippen LogP contribution < -0.4 is 5.73 Å². The summed E-state index contributed by atoms with van der Waals surface area (Å²) in [7, 11) is 0. The molecule has 4 heteroatoms. The molecule has 2 unspecified atom stereocenters. The molecule has 1 saturated heterocycles. The van der Waals surface area contributed by atoms with Gasteiger partial charge in [0.05, 0.1) is 0 Å². The molecule has 0 bridgehead atoms. The summed E-state index contributed by atoms with van der Waals surface area (Å²) in [5.74, 6) is 0.348. The fourth-order valence-electron chi connectivity index (χ4n) is 2.95. The summed E-state index contributed by atoms with van der Waals surface area (Å²) in [5.41, 5.74) is 8.73. The third-order valence-corrected chi connectivity index (χ3v) is 4.30. The first-order valence-electron chi connectivity index (χ1n) is 7.45. The minimum Gasteiger partial charge on any atom is -0.326 e. The molecule has 22 heavy (non-hydrogen) atoms. The number of halogens is 2. The molecule has 1 heterocycles. The molecule has 2 aromatic rings. The second kappa shape index (κ2) is 7.23. The van der Waals surface area contributed by atoms with E-state index in [0.717, 1.165) is 29.8 Å². The molecular formula is C18H22ClFN2. The summed E-state index contributed by atoms with van der Waals surface area (Å²) in [4.78, 5) is 2.23. The topological polar surface area (TPSA) is 29.3 Å². The van der Waals surface area contributed by atoms with Gasteiger partial charge in [-0.2, -0.15) is 0 Å². The highest BCUT2D eigenvalue weighted by molar-refractivity contribution is 5.85. The van der Waals surface area contributed by atoms with E-state index in [-0.39, 0.29) is 24.3 Å². The van der Waals surface area contributed by atoms with E-state index in [2.05, 4.69) is 11.8 Å². The number of nitrogens with two attached hydrogens (primary N) is 1. The van der Waals surface area contributed by atoms with Crippen molar-refractivity contribution in [2.45, 2.75) is 19.5 Å².